The predicted octanol–water partition coefficient (Wildman–Crippen LogP) is 0.182. The normalized spacial score (nSPS) is 38.6. The molecule has 0 aliphatic heterocycles. The molecule has 2 aliphatic rings. The lowest BCUT2D eigenvalue weighted by Gasteiger charge is -2.63. The number of hydrogen-bond acceptors (Lipinski definition) is 4. The van der Waals surface area contributed by atoms with Crippen molar-refractivity contribution >= 4 is 5.97 Å². The largest absolute Gasteiger partial charge is 0.465 e. The fourth-order valence-corrected chi connectivity index (χ4v) is 2.75. The molecule has 3 N–H and O–H groups in total. The Labute approximate surface area is 83.4 Å². The van der Waals surface area contributed by atoms with Crippen LogP contribution in [0.15, 0.2) is 0 Å². The van der Waals surface area contributed by atoms with E-state index in [0.717, 1.165) is 19.3 Å². The Bertz CT molecular complexity index is 262. The summed E-state index contributed by atoms with van der Waals surface area (Å²) in [6.07, 6.45) is 2.69. The third-order valence-electron chi connectivity index (χ3n) is 3.93. The van der Waals surface area contributed by atoms with Crippen molar-refractivity contribution in [3.8, 4) is 0 Å². The number of esters is 1. The van der Waals surface area contributed by atoms with E-state index >= 15 is 0 Å². The summed E-state index contributed by atoms with van der Waals surface area (Å²) >= 11 is 0. The Morgan fingerprint density at radius 2 is 2.29 bits per heavy atom. The summed E-state index contributed by atoms with van der Waals surface area (Å²) < 4.78 is 4.95. The second kappa shape index (κ2) is 2.94. The molecule has 2 aliphatic carbocycles. The molecule has 0 unspecified atom stereocenters. The number of hydrogen-bond donors (Lipinski definition) is 2. The molecule has 0 aromatic heterocycles. The first-order valence-electron chi connectivity index (χ1n) is 5.21. The molecule has 0 radical (unpaired) electrons. The number of aliphatic hydroxyl groups excluding tert-OH is 1. The van der Waals surface area contributed by atoms with Gasteiger partial charge in [-0.3, -0.25) is 4.79 Å². The van der Waals surface area contributed by atoms with E-state index in [4.69, 9.17) is 10.5 Å². The molecule has 0 bridgehead atoms. The quantitative estimate of drug-likeness (QED) is 0.622. The Balaban J connectivity index is 2.13. The van der Waals surface area contributed by atoms with Gasteiger partial charge in [0.2, 0.25) is 0 Å². The zero-order valence-electron chi connectivity index (χ0n) is 8.45. The average molecular weight is 199 g/mol. The van der Waals surface area contributed by atoms with E-state index in [1.165, 1.54) is 0 Å². The monoisotopic (exact) mass is 199 g/mol. The summed E-state index contributed by atoms with van der Waals surface area (Å²) in [5.74, 6) is -0.343. The number of ether oxygens (including phenoxy) is 1. The van der Waals surface area contributed by atoms with Crippen LogP contribution in [0.1, 0.15) is 32.6 Å². The van der Waals surface area contributed by atoms with Crippen molar-refractivity contribution in [1.82, 2.24) is 0 Å². The Kier molecular flexibility index (Phi) is 2.08. The molecule has 0 saturated heterocycles. The van der Waals surface area contributed by atoms with Crippen LogP contribution < -0.4 is 5.73 Å². The molecule has 4 nitrogen and oxygen atoms in total. The zero-order valence-corrected chi connectivity index (χ0v) is 8.45. The number of carbonyl (C=O) groups is 1. The number of nitrogens with two attached hydrogens (primary N) is 1. The highest BCUT2D eigenvalue weighted by Crippen LogP contribution is 2.61. The van der Waals surface area contributed by atoms with Crippen LogP contribution in [-0.4, -0.2) is 29.3 Å². The first kappa shape index (κ1) is 9.93. The average Bonchev–Trinajstić information content (AvgIpc) is 2.00. The third kappa shape index (κ3) is 0.929. The molecule has 2 rings (SSSR count). The van der Waals surface area contributed by atoms with Crippen molar-refractivity contribution in [2.75, 3.05) is 6.61 Å². The Morgan fingerprint density at radius 3 is 2.64 bits per heavy atom. The molecule has 0 aromatic rings. The van der Waals surface area contributed by atoms with Gasteiger partial charge in [-0.25, -0.2) is 0 Å². The lowest BCUT2D eigenvalue weighted by Crippen LogP contribution is -2.77. The summed E-state index contributed by atoms with van der Waals surface area (Å²) in [6, 6.07) is 0. The van der Waals surface area contributed by atoms with Gasteiger partial charge in [0, 0.05) is 11.8 Å². The van der Waals surface area contributed by atoms with Crippen molar-refractivity contribution in [2.24, 2.45) is 11.1 Å². The van der Waals surface area contributed by atoms with E-state index in [1.54, 1.807) is 6.92 Å². The minimum atomic E-state index is -0.916. The topological polar surface area (TPSA) is 72.5 Å². The van der Waals surface area contributed by atoms with Crippen LogP contribution in [0.25, 0.3) is 0 Å². The smallest absolute Gasteiger partial charge is 0.326 e. The van der Waals surface area contributed by atoms with Crippen LogP contribution in [0.3, 0.4) is 0 Å². The first-order valence-corrected chi connectivity index (χ1v) is 5.21. The van der Waals surface area contributed by atoms with Crippen LogP contribution in [0.2, 0.25) is 0 Å². The van der Waals surface area contributed by atoms with Crippen LogP contribution in [0.4, 0.5) is 0 Å². The summed E-state index contributed by atoms with van der Waals surface area (Å²) in [5.41, 5.74) is 4.75. The molecule has 4 heteroatoms. The maximum atomic E-state index is 11.6. The maximum Gasteiger partial charge on any atom is 0.326 e. The maximum absolute atomic E-state index is 11.6. The van der Waals surface area contributed by atoms with E-state index in [9.17, 15) is 9.90 Å². The lowest BCUT2D eigenvalue weighted by molar-refractivity contribution is -0.208. The molecule has 2 atom stereocenters. The lowest BCUT2D eigenvalue weighted by atomic mass is 9.44. The molecule has 2 saturated carbocycles. The Hall–Kier alpha value is -0.610. The molecule has 80 valence electrons. The van der Waals surface area contributed by atoms with Gasteiger partial charge in [-0.2, -0.15) is 0 Å². The fraction of sp³-hybridized carbons (Fsp3) is 0.900. The van der Waals surface area contributed by atoms with Gasteiger partial charge in [0.1, 0.15) is 5.54 Å². The molecule has 1 spiro atoms. The van der Waals surface area contributed by atoms with Crippen LogP contribution in [0.5, 0.6) is 0 Å². The minimum Gasteiger partial charge on any atom is -0.465 e. The van der Waals surface area contributed by atoms with Gasteiger partial charge in [0.25, 0.3) is 0 Å². The molecule has 14 heavy (non-hydrogen) atoms. The summed E-state index contributed by atoms with van der Waals surface area (Å²) in [7, 11) is 0. The first-order chi connectivity index (χ1) is 6.57. The van der Waals surface area contributed by atoms with Crippen molar-refractivity contribution < 1.29 is 14.6 Å². The molecule has 0 amide bonds. The van der Waals surface area contributed by atoms with Crippen LogP contribution in [-0.2, 0) is 9.53 Å². The van der Waals surface area contributed by atoms with Crippen molar-refractivity contribution in [3.05, 3.63) is 0 Å². The van der Waals surface area contributed by atoms with Crippen molar-refractivity contribution in [2.45, 2.75) is 44.2 Å². The van der Waals surface area contributed by atoms with Gasteiger partial charge in [0.05, 0.1) is 12.7 Å². The van der Waals surface area contributed by atoms with Crippen LogP contribution >= 0.6 is 0 Å². The molecule has 2 fully saturated rings. The van der Waals surface area contributed by atoms with E-state index in [2.05, 4.69) is 0 Å². The highest BCUT2D eigenvalue weighted by atomic mass is 16.5. The number of carbonyl (C=O) groups excluding carboxylic acids is 1. The van der Waals surface area contributed by atoms with Gasteiger partial charge in [-0.1, -0.05) is 6.42 Å². The van der Waals surface area contributed by atoms with Crippen molar-refractivity contribution in [1.29, 1.82) is 0 Å². The molecular weight excluding hydrogens is 182 g/mol. The fourth-order valence-electron chi connectivity index (χ4n) is 2.75. The zero-order chi connectivity index (χ0) is 10.4. The highest BCUT2D eigenvalue weighted by Gasteiger charge is 2.70. The summed E-state index contributed by atoms with van der Waals surface area (Å²) in [5, 5.41) is 9.68. The number of aliphatic hydroxyl groups is 1. The van der Waals surface area contributed by atoms with Gasteiger partial charge in [-0.15, -0.1) is 0 Å². The predicted molar refractivity (Wildman–Crippen MR) is 50.5 cm³/mol. The Morgan fingerprint density at radius 1 is 1.64 bits per heavy atom. The third-order valence-corrected chi connectivity index (χ3v) is 3.93. The van der Waals surface area contributed by atoms with Gasteiger partial charge in [-0.05, 0) is 19.8 Å². The van der Waals surface area contributed by atoms with Gasteiger partial charge >= 0.3 is 5.97 Å². The molecular formula is C10H17NO3. The molecule has 0 heterocycles. The summed E-state index contributed by atoms with van der Waals surface area (Å²) in [4.78, 5) is 11.6. The van der Waals surface area contributed by atoms with Gasteiger partial charge in [0.15, 0.2) is 0 Å². The highest BCUT2D eigenvalue weighted by molar-refractivity contribution is 5.84. The SMILES string of the molecule is CCOC(=O)[C@@]1(N)C[C@@H](O)C12CCC2. The van der Waals surface area contributed by atoms with Gasteiger partial charge < -0.3 is 15.6 Å². The second-order valence-electron chi connectivity index (χ2n) is 4.42. The van der Waals surface area contributed by atoms with Crippen LogP contribution in [0, 0.1) is 5.41 Å². The molecule has 0 aromatic carbocycles. The van der Waals surface area contributed by atoms with Crippen molar-refractivity contribution in [3.63, 3.8) is 0 Å². The van der Waals surface area contributed by atoms with E-state index in [0.29, 0.717) is 13.0 Å². The summed E-state index contributed by atoms with van der Waals surface area (Å²) in [6.45, 7) is 2.12. The second-order valence-corrected chi connectivity index (χ2v) is 4.42. The van der Waals surface area contributed by atoms with E-state index in [1.807, 2.05) is 0 Å². The van der Waals surface area contributed by atoms with E-state index < -0.39 is 11.6 Å². The van der Waals surface area contributed by atoms with E-state index in [-0.39, 0.29) is 11.4 Å². The standard InChI is InChI=1S/C10H17NO3/c1-2-14-8(13)10(11)6-7(12)9(10)4-3-5-9/h7,12H,2-6,11H2,1H3/t7-,10+/m1/s1. The number of rotatable bonds is 2. The minimum absolute atomic E-state index is 0.343.